The summed E-state index contributed by atoms with van der Waals surface area (Å²) in [6.07, 6.45) is 1.96. The first-order valence-corrected chi connectivity index (χ1v) is 14.0. The zero-order valence-corrected chi connectivity index (χ0v) is 21.9. The molecule has 0 saturated heterocycles. The molecule has 0 aliphatic heterocycles. The van der Waals surface area contributed by atoms with Crippen molar-refractivity contribution >= 4 is 18.7 Å². The standard InChI is InChI=1S/C30H38O3Si/c1-25(20-22-32-24-26-14-8-5-9-15-26)29(31)21-23-33-34(30(2,3)4,27-16-10-6-11-17-27)28-18-12-7-13-19-28/h5-20,29,31H,21-24H2,1-4H3/b25-20+. The molecule has 0 amide bonds. The Morgan fingerprint density at radius 3 is 1.85 bits per heavy atom. The average Bonchev–Trinajstić information content (AvgIpc) is 2.85. The summed E-state index contributed by atoms with van der Waals surface area (Å²) in [5.41, 5.74) is 2.06. The minimum Gasteiger partial charge on any atom is -0.407 e. The highest BCUT2D eigenvalue weighted by Gasteiger charge is 2.50. The van der Waals surface area contributed by atoms with Gasteiger partial charge in [-0.2, -0.15) is 0 Å². The maximum atomic E-state index is 10.8. The van der Waals surface area contributed by atoms with E-state index in [9.17, 15) is 5.11 Å². The van der Waals surface area contributed by atoms with Crippen molar-refractivity contribution in [2.75, 3.05) is 13.2 Å². The van der Waals surface area contributed by atoms with Crippen LogP contribution < -0.4 is 10.4 Å². The van der Waals surface area contributed by atoms with E-state index >= 15 is 0 Å². The van der Waals surface area contributed by atoms with Gasteiger partial charge in [-0.1, -0.05) is 118 Å². The van der Waals surface area contributed by atoms with E-state index < -0.39 is 14.4 Å². The van der Waals surface area contributed by atoms with E-state index in [2.05, 4.69) is 69.3 Å². The molecule has 0 aromatic heterocycles. The van der Waals surface area contributed by atoms with Crippen molar-refractivity contribution in [1.82, 2.24) is 0 Å². The van der Waals surface area contributed by atoms with Gasteiger partial charge in [0.1, 0.15) is 0 Å². The van der Waals surface area contributed by atoms with Crippen LogP contribution in [-0.2, 0) is 15.8 Å². The topological polar surface area (TPSA) is 38.7 Å². The van der Waals surface area contributed by atoms with Crippen LogP contribution in [0, 0.1) is 0 Å². The summed E-state index contributed by atoms with van der Waals surface area (Å²) in [6, 6.07) is 31.3. The van der Waals surface area contributed by atoms with Gasteiger partial charge in [0.15, 0.2) is 0 Å². The SMILES string of the molecule is C/C(=C\COCc1ccccc1)C(O)CCO[Si](c1ccccc1)(c1ccccc1)C(C)(C)C. The monoisotopic (exact) mass is 474 g/mol. The van der Waals surface area contributed by atoms with Gasteiger partial charge in [0.2, 0.25) is 0 Å². The first kappa shape index (κ1) is 26.1. The van der Waals surface area contributed by atoms with Crippen LogP contribution in [0.2, 0.25) is 5.04 Å². The highest BCUT2D eigenvalue weighted by Crippen LogP contribution is 2.36. The molecule has 0 bridgehead atoms. The smallest absolute Gasteiger partial charge is 0.261 e. The second kappa shape index (κ2) is 12.3. The lowest BCUT2D eigenvalue weighted by Gasteiger charge is -2.43. The molecule has 3 rings (SSSR count). The van der Waals surface area contributed by atoms with E-state index in [1.165, 1.54) is 10.4 Å². The molecular weight excluding hydrogens is 436 g/mol. The molecule has 0 aliphatic rings. The van der Waals surface area contributed by atoms with E-state index in [1.54, 1.807) is 0 Å². The van der Waals surface area contributed by atoms with Gasteiger partial charge >= 0.3 is 0 Å². The number of rotatable bonds is 11. The Hall–Kier alpha value is -2.50. The van der Waals surface area contributed by atoms with E-state index in [0.717, 1.165) is 11.1 Å². The summed E-state index contributed by atoms with van der Waals surface area (Å²) in [7, 11) is -2.57. The van der Waals surface area contributed by atoms with Gasteiger partial charge in [-0.3, -0.25) is 0 Å². The van der Waals surface area contributed by atoms with Crippen LogP contribution in [0.1, 0.15) is 39.7 Å². The lowest BCUT2D eigenvalue weighted by Crippen LogP contribution is -2.66. The third-order valence-corrected chi connectivity index (χ3v) is 11.3. The number of hydrogen-bond acceptors (Lipinski definition) is 3. The fourth-order valence-corrected chi connectivity index (χ4v) is 8.97. The number of aliphatic hydroxyl groups is 1. The van der Waals surface area contributed by atoms with Gasteiger partial charge in [0.25, 0.3) is 8.32 Å². The first-order valence-electron chi connectivity index (χ1n) is 12.1. The molecule has 0 spiro atoms. The van der Waals surface area contributed by atoms with Crippen LogP contribution in [0.25, 0.3) is 0 Å². The van der Waals surface area contributed by atoms with Crippen molar-refractivity contribution in [3.63, 3.8) is 0 Å². The summed E-state index contributed by atoms with van der Waals surface area (Å²) >= 11 is 0. The van der Waals surface area contributed by atoms with E-state index in [4.69, 9.17) is 9.16 Å². The third kappa shape index (κ3) is 6.54. The number of aliphatic hydroxyl groups excluding tert-OH is 1. The lowest BCUT2D eigenvalue weighted by molar-refractivity contribution is 0.142. The number of hydrogen-bond donors (Lipinski definition) is 1. The number of ether oxygens (including phenoxy) is 1. The lowest BCUT2D eigenvalue weighted by atomic mass is 10.1. The molecule has 3 nitrogen and oxygen atoms in total. The highest BCUT2D eigenvalue weighted by atomic mass is 28.4. The molecule has 3 aromatic rings. The Morgan fingerprint density at radius 1 is 0.853 bits per heavy atom. The molecule has 3 aromatic carbocycles. The molecule has 0 heterocycles. The van der Waals surface area contributed by atoms with Gasteiger partial charge in [0.05, 0.1) is 19.3 Å². The first-order chi connectivity index (χ1) is 16.3. The molecule has 1 N–H and O–H groups in total. The average molecular weight is 475 g/mol. The predicted octanol–water partition coefficient (Wildman–Crippen LogP) is 5.48. The molecule has 4 heteroatoms. The van der Waals surface area contributed by atoms with E-state index in [1.807, 2.05) is 55.5 Å². The Bertz CT molecular complexity index is 972. The zero-order chi connectivity index (χ0) is 24.4. The summed E-state index contributed by atoms with van der Waals surface area (Å²) in [4.78, 5) is 0. The molecule has 180 valence electrons. The molecular formula is C30H38O3Si. The van der Waals surface area contributed by atoms with Crippen molar-refractivity contribution in [3.8, 4) is 0 Å². The summed E-state index contributed by atoms with van der Waals surface area (Å²) in [6.45, 7) is 10.3. The van der Waals surface area contributed by atoms with Crippen LogP contribution >= 0.6 is 0 Å². The zero-order valence-electron chi connectivity index (χ0n) is 20.9. The summed E-state index contributed by atoms with van der Waals surface area (Å²) in [5.74, 6) is 0. The predicted molar refractivity (Wildman–Crippen MR) is 144 cm³/mol. The summed E-state index contributed by atoms with van der Waals surface area (Å²) in [5, 5.41) is 13.2. The molecule has 1 unspecified atom stereocenters. The van der Waals surface area contributed by atoms with Gasteiger partial charge in [-0.25, -0.2) is 0 Å². The van der Waals surface area contributed by atoms with Crippen molar-refractivity contribution in [2.24, 2.45) is 0 Å². The Kier molecular flexibility index (Phi) is 9.42. The highest BCUT2D eigenvalue weighted by molar-refractivity contribution is 6.99. The van der Waals surface area contributed by atoms with Crippen LogP contribution in [0.4, 0.5) is 0 Å². The third-order valence-electron chi connectivity index (χ3n) is 6.29. The van der Waals surface area contributed by atoms with Gasteiger partial charge in [0, 0.05) is 6.61 Å². The maximum Gasteiger partial charge on any atom is 0.261 e. The van der Waals surface area contributed by atoms with Crippen molar-refractivity contribution in [1.29, 1.82) is 0 Å². The second-order valence-corrected chi connectivity index (χ2v) is 14.1. The van der Waals surface area contributed by atoms with Crippen molar-refractivity contribution in [2.45, 2.75) is 51.9 Å². The molecule has 0 saturated carbocycles. The Morgan fingerprint density at radius 2 is 1.35 bits per heavy atom. The van der Waals surface area contributed by atoms with Crippen molar-refractivity contribution in [3.05, 3.63) is 108 Å². The molecule has 0 fully saturated rings. The van der Waals surface area contributed by atoms with Crippen molar-refractivity contribution < 1.29 is 14.3 Å². The van der Waals surface area contributed by atoms with Gasteiger partial charge < -0.3 is 14.3 Å². The van der Waals surface area contributed by atoms with Crippen LogP contribution in [-0.4, -0.2) is 32.7 Å². The van der Waals surface area contributed by atoms with Crippen LogP contribution in [0.3, 0.4) is 0 Å². The quantitative estimate of drug-likeness (QED) is 0.227. The summed E-state index contributed by atoms with van der Waals surface area (Å²) < 4.78 is 12.6. The van der Waals surface area contributed by atoms with Gasteiger partial charge in [-0.05, 0) is 39.9 Å². The molecule has 0 radical (unpaired) electrons. The maximum absolute atomic E-state index is 10.8. The van der Waals surface area contributed by atoms with Gasteiger partial charge in [-0.15, -0.1) is 0 Å². The van der Waals surface area contributed by atoms with E-state index in [0.29, 0.717) is 26.2 Å². The number of benzene rings is 3. The largest absolute Gasteiger partial charge is 0.407 e. The fraction of sp³-hybridized carbons (Fsp3) is 0.333. The van der Waals surface area contributed by atoms with Crippen LogP contribution in [0.5, 0.6) is 0 Å². The molecule has 34 heavy (non-hydrogen) atoms. The Balaban J connectivity index is 1.67. The van der Waals surface area contributed by atoms with E-state index in [-0.39, 0.29) is 5.04 Å². The van der Waals surface area contributed by atoms with Crippen LogP contribution in [0.15, 0.2) is 103 Å². The fourth-order valence-electron chi connectivity index (χ4n) is 4.39. The Labute approximate surface area is 206 Å². The minimum absolute atomic E-state index is 0.0726. The minimum atomic E-state index is -2.57. The second-order valence-electron chi connectivity index (χ2n) is 9.77. The molecule has 0 aliphatic carbocycles. The normalized spacial score (nSPS) is 13.6. The molecule has 1 atom stereocenters.